The minimum absolute atomic E-state index is 0.0583. The van der Waals surface area contributed by atoms with Gasteiger partial charge in [0.1, 0.15) is 0 Å². The van der Waals surface area contributed by atoms with Crippen LogP contribution in [0.2, 0.25) is 0 Å². The van der Waals surface area contributed by atoms with E-state index in [4.69, 9.17) is 0 Å². The average Bonchev–Trinajstić information content (AvgIpc) is 2.76. The van der Waals surface area contributed by atoms with Crippen molar-refractivity contribution in [3.63, 3.8) is 0 Å². The molecular formula is C18H27NOS. The molecule has 0 N–H and O–H groups in total. The van der Waals surface area contributed by atoms with E-state index in [1.54, 1.807) is 11.8 Å². The summed E-state index contributed by atoms with van der Waals surface area (Å²) >= 11 is 1.77. The van der Waals surface area contributed by atoms with Gasteiger partial charge in [0.25, 0.3) is 0 Å². The Bertz CT molecular complexity index is 478. The number of aryl methyl sites for hydroxylation is 2. The molecule has 0 spiro atoms. The minimum atomic E-state index is 0.0583. The predicted octanol–water partition coefficient (Wildman–Crippen LogP) is 4.33. The molecule has 1 fully saturated rings. The molecule has 1 aliphatic rings. The first kappa shape index (κ1) is 16.4. The van der Waals surface area contributed by atoms with Crippen LogP contribution in [0.25, 0.3) is 0 Å². The van der Waals surface area contributed by atoms with Gasteiger partial charge >= 0.3 is 0 Å². The van der Waals surface area contributed by atoms with Crippen molar-refractivity contribution >= 4 is 17.7 Å². The second-order valence-electron chi connectivity index (χ2n) is 6.12. The Morgan fingerprint density at radius 2 is 1.86 bits per heavy atom. The Morgan fingerprint density at radius 3 is 2.52 bits per heavy atom. The van der Waals surface area contributed by atoms with Crippen molar-refractivity contribution in [3.8, 4) is 0 Å². The molecule has 1 amide bonds. The third-order valence-electron chi connectivity index (χ3n) is 4.26. The van der Waals surface area contributed by atoms with Gasteiger partial charge in [-0.25, -0.2) is 0 Å². The summed E-state index contributed by atoms with van der Waals surface area (Å²) in [5.41, 5.74) is 3.97. The van der Waals surface area contributed by atoms with Gasteiger partial charge in [0.15, 0.2) is 0 Å². The molecule has 0 aliphatic carbocycles. The van der Waals surface area contributed by atoms with Gasteiger partial charge < -0.3 is 4.90 Å². The van der Waals surface area contributed by atoms with Crippen LogP contribution in [0, 0.1) is 13.8 Å². The van der Waals surface area contributed by atoms with Crippen molar-refractivity contribution in [1.29, 1.82) is 0 Å². The quantitative estimate of drug-likeness (QED) is 0.825. The Kier molecular flexibility index (Phi) is 6.16. The maximum absolute atomic E-state index is 12.5. The normalized spacial score (nSPS) is 17.4. The Labute approximate surface area is 133 Å². The van der Waals surface area contributed by atoms with E-state index < -0.39 is 0 Å². The second-order valence-corrected chi connectivity index (χ2v) is 7.45. The number of carbonyl (C=O) groups excluding carboxylic acids is 1. The lowest BCUT2D eigenvalue weighted by atomic mass is 10.1. The standard InChI is InChI=1S/C18H27NOS/c1-14-8-9-15(2)17(12-14)13-21-16(3)18(20)19-10-6-4-5-7-11-19/h8-9,12,16H,4-7,10-11,13H2,1-3H3. The molecule has 2 nitrogen and oxygen atoms in total. The van der Waals surface area contributed by atoms with Crippen LogP contribution in [0.1, 0.15) is 49.3 Å². The van der Waals surface area contributed by atoms with E-state index in [0.29, 0.717) is 5.91 Å². The molecule has 0 radical (unpaired) electrons. The van der Waals surface area contributed by atoms with E-state index in [-0.39, 0.29) is 5.25 Å². The van der Waals surface area contributed by atoms with E-state index in [0.717, 1.165) is 18.8 Å². The van der Waals surface area contributed by atoms with E-state index >= 15 is 0 Å². The highest BCUT2D eigenvalue weighted by Gasteiger charge is 2.21. The largest absolute Gasteiger partial charge is 0.342 e. The van der Waals surface area contributed by atoms with Crippen molar-refractivity contribution in [2.24, 2.45) is 0 Å². The fourth-order valence-corrected chi connectivity index (χ4v) is 3.82. The number of hydrogen-bond acceptors (Lipinski definition) is 2. The fourth-order valence-electron chi connectivity index (χ4n) is 2.79. The summed E-state index contributed by atoms with van der Waals surface area (Å²) in [6.45, 7) is 8.24. The van der Waals surface area contributed by atoms with E-state index in [1.807, 2.05) is 0 Å². The van der Waals surface area contributed by atoms with Crippen LogP contribution in [-0.4, -0.2) is 29.1 Å². The molecule has 1 aliphatic heterocycles. The molecule has 1 atom stereocenters. The highest BCUT2D eigenvalue weighted by molar-refractivity contribution is 7.99. The molecule has 1 heterocycles. The number of rotatable bonds is 4. The van der Waals surface area contributed by atoms with Gasteiger partial charge in [-0.3, -0.25) is 4.79 Å². The first-order valence-corrected chi connectivity index (χ1v) is 9.09. The molecule has 1 unspecified atom stereocenters. The number of carbonyl (C=O) groups is 1. The van der Waals surface area contributed by atoms with Crippen molar-refractivity contribution in [1.82, 2.24) is 4.90 Å². The zero-order valence-corrected chi connectivity index (χ0v) is 14.3. The summed E-state index contributed by atoms with van der Waals surface area (Å²) in [7, 11) is 0. The van der Waals surface area contributed by atoms with Crippen LogP contribution in [0.3, 0.4) is 0 Å². The molecule has 0 bridgehead atoms. The van der Waals surface area contributed by atoms with Gasteiger partial charge in [0.05, 0.1) is 5.25 Å². The lowest BCUT2D eigenvalue weighted by molar-refractivity contribution is -0.130. The molecule has 0 aromatic heterocycles. The summed E-state index contributed by atoms with van der Waals surface area (Å²) in [5, 5.41) is 0.0583. The lowest BCUT2D eigenvalue weighted by Gasteiger charge is -2.24. The third kappa shape index (κ3) is 4.77. The molecule has 116 valence electrons. The van der Waals surface area contributed by atoms with Crippen LogP contribution < -0.4 is 0 Å². The summed E-state index contributed by atoms with van der Waals surface area (Å²) in [6.07, 6.45) is 4.88. The van der Waals surface area contributed by atoms with Crippen LogP contribution >= 0.6 is 11.8 Å². The highest BCUT2D eigenvalue weighted by atomic mass is 32.2. The average molecular weight is 305 g/mol. The molecule has 0 saturated carbocycles. The van der Waals surface area contributed by atoms with Gasteiger partial charge in [-0.1, -0.05) is 36.6 Å². The third-order valence-corrected chi connectivity index (χ3v) is 5.44. The molecule has 21 heavy (non-hydrogen) atoms. The Hall–Kier alpha value is -0.960. The number of thioether (sulfide) groups is 1. The summed E-state index contributed by atoms with van der Waals surface area (Å²) < 4.78 is 0. The zero-order valence-electron chi connectivity index (χ0n) is 13.5. The Balaban J connectivity index is 1.89. The molecule has 2 rings (SSSR count). The Morgan fingerprint density at radius 1 is 1.19 bits per heavy atom. The zero-order chi connectivity index (χ0) is 15.2. The van der Waals surface area contributed by atoms with E-state index in [1.165, 1.54) is 42.4 Å². The topological polar surface area (TPSA) is 20.3 Å². The number of nitrogens with zero attached hydrogens (tertiary/aromatic N) is 1. The van der Waals surface area contributed by atoms with Crippen molar-refractivity contribution in [2.45, 2.75) is 57.5 Å². The van der Waals surface area contributed by atoms with Gasteiger partial charge in [0, 0.05) is 18.8 Å². The number of amides is 1. The van der Waals surface area contributed by atoms with Crippen molar-refractivity contribution in [2.75, 3.05) is 13.1 Å². The molecular weight excluding hydrogens is 278 g/mol. The summed E-state index contributed by atoms with van der Waals surface area (Å²) in [6, 6.07) is 6.56. The summed E-state index contributed by atoms with van der Waals surface area (Å²) in [4.78, 5) is 14.6. The van der Waals surface area contributed by atoms with Gasteiger partial charge in [0.2, 0.25) is 5.91 Å². The number of benzene rings is 1. The SMILES string of the molecule is Cc1ccc(C)c(CSC(C)C(=O)N2CCCCCC2)c1. The highest BCUT2D eigenvalue weighted by Crippen LogP contribution is 2.23. The van der Waals surface area contributed by atoms with Crippen LogP contribution in [-0.2, 0) is 10.5 Å². The van der Waals surface area contributed by atoms with Gasteiger partial charge in [-0.15, -0.1) is 11.8 Å². The molecule has 3 heteroatoms. The smallest absolute Gasteiger partial charge is 0.235 e. The first-order valence-electron chi connectivity index (χ1n) is 8.04. The van der Waals surface area contributed by atoms with Gasteiger partial charge in [-0.2, -0.15) is 0 Å². The molecule has 1 aromatic carbocycles. The maximum atomic E-state index is 12.5. The summed E-state index contributed by atoms with van der Waals surface area (Å²) in [5.74, 6) is 1.25. The monoisotopic (exact) mass is 305 g/mol. The van der Waals surface area contributed by atoms with Crippen LogP contribution in [0.15, 0.2) is 18.2 Å². The van der Waals surface area contributed by atoms with Crippen molar-refractivity contribution in [3.05, 3.63) is 34.9 Å². The van der Waals surface area contributed by atoms with Crippen LogP contribution in [0.5, 0.6) is 0 Å². The van der Waals surface area contributed by atoms with Crippen molar-refractivity contribution < 1.29 is 4.79 Å². The predicted molar refractivity (Wildman–Crippen MR) is 91.7 cm³/mol. The fraction of sp³-hybridized carbons (Fsp3) is 0.611. The number of hydrogen-bond donors (Lipinski definition) is 0. The van der Waals surface area contributed by atoms with E-state index in [9.17, 15) is 4.79 Å². The number of likely N-dealkylation sites (tertiary alicyclic amines) is 1. The van der Waals surface area contributed by atoms with Crippen LogP contribution in [0.4, 0.5) is 0 Å². The van der Waals surface area contributed by atoms with Gasteiger partial charge in [-0.05, 0) is 44.7 Å². The van der Waals surface area contributed by atoms with E-state index in [2.05, 4.69) is 43.9 Å². The minimum Gasteiger partial charge on any atom is -0.342 e. The second kappa shape index (κ2) is 7.88. The first-order chi connectivity index (χ1) is 10.1. The molecule has 1 aromatic rings. The maximum Gasteiger partial charge on any atom is 0.235 e. The molecule has 1 saturated heterocycles. The lowest BCUT2D eigenvalue weighted by Crippen LogP contribution is -2.37.